The van der Waals surface area contributed by atoms with Gasteiger partial charge in [-0.1, -0.05) is 40.2 Å². The first-order valence-electron chi connectivity index (χ1n) is 10.5. The third-order valence-corrected chi connectivity index (χ3v) is 7.27. The molecular weight excluding hydrogens is 340 g/mol. The average molecular weight is 379 g/mol. The third-order valence-electron chi connectivity index (χ3n) is 7.27. The Labute approximate surface area is 165 Å². The molecule has 0 radical (unpaired) electrons. The van der Waals surface area contributed by atoms with Crippen molar-refractivity contribution in [2.24, 2.45) is 28.6 Å². The van der Waals surface area contributed by atoms with Gasteiger partial charge in [0.05, 0.1) is 7.11 Å². The van der Waals surface area contributed by atoms with E-state index in [0.717, 1.165) is 19.3 Å². The van der Waals surface area contributed by atoms with Gasteiger partial charge in [0.15, 0.2) is 0 Å². The molecule has 0 saturated heterocycles. The Morgan fingerprint density at radius 3 is 2.59 bits per heavy atom. The molecule has 4 heteroatoms. The zero-order chi connectivity index (χ0) is 20.2. The molecule has 0 bridgehead atoms. The molecule has 1 saturated carbocycles. The van der Waals surface area contributed by atoms with Gasteiger partial charge in [-0.2, -0.15) is 0 Å². The number of esters is 2. The maximum absolute atomic E-state index is 11.6. The number of rotatable bonds is 7. The molecular formula is C23H38O4. The second-order valence-electron chi connectivity index (χ2n) is 9.71. The first-order chi connectivity index (χ1) is 12.6. The molecule has 0 aliphatic heterocycles. The second kappa shape index (κ2) is 8.79. The zero-order valence-electron chi connectivity index (χ0n) is 18.1. The van der Waals surface area contributed by atoms with E-state index in [2.05, 4.69) is 33.8 Å². The maximum atomic E-state index is 11.6. The lowest BCUT2D eigenvalue weighted by molar-refractivity contribution is -0.142. The van der Waals surface area contributed by atoms with E-state index in [4.69, 9.17) is 9.47 Å². The first-order valence-corrected chi connectivity index (χ1v) is 10.5. The Kier molecular flexibility index (Phi) is 7.15. The van der Waals surface area contributed by atoms with E-state index in [0.29, 0.717) is 36.2 Å². The highest BCUT2D eigenvalue weighted by Gasteiger charge is 2.52. The number of hydrogen-bond acceptors (Lipinski definition) is 4. The summed E-state index contributed by atoms with van der Waals surface area (Å²) in [5, 5.41) is 0. The summed E-state index contributed by atoms with van der Waals surface area (Å²) in [4.78, 5) is 23.0. The van der Waals surface area contributed by atoms with Crippen LogP contribution in [0.5, 0.6) is 0 Å². The summed E-state index contributed by atoms with van der Waals surface area (Å²) in [5.74, 6) is 1.01. The molecule has 4 atom stereocenters. The SMILES string of the molecule is COC(=O)CC(C)CCC1C(COC(C)=O)=CCC2C(C)(C)CCCC12C. The van der Waals surface area contributed by atoms with Crippen LogP contribution in [0.15, 0.2) is 11.6 Å². The van der Waals surface area contributed by atoms with Crippen LogP contribution in [-0.4, -0.2) is 25.7 Å². The Morgan fingerprint density at radius 2 is 1.96 bits per heavy atom. The fourth-order valence-electron chi connectivity index (χ4n) is 5.79. The van der Waals surface area contributed by atoms with Crippen molar-refractivity contribution in [1.82, 2.24) is 0 Å². The van der Waals surface area contributed by atoms with Gasteiger partial charge in [0.25, 0.3) is 0 Å². The van der Waals surface area contributed by atoms with Crippen LogP contribution in [0.4, 0.5) is 0 Å². The smallest absolute Gasteiger partial charge is 0.305 e. The lowest BCUT2D eigenvalue weighted by atomic mass is 9.48. The van der Waals surface area contributed by atoms with E-state index in [1.807, 2.05) is 0 Å². The molecule has 2 aliphatic rings. The molecule has 0 aromatic heterocycles. The van der Waals surface area contributed by atoms with Gasteiger partial charge in [-0.05, 0) is 66.3 Å². The van der Waals surface area contributed by atoms with E-state index >= 15 is 0 Å². The lowest BCUT2D eigenvalue weighted by Crippen LogP contribution is -2.49. The quantitative estimate of drug-likeness (QED) is 0.445. The van der Waals surface area contributed by atoms with Crippen molar-refractivity contribution >= 4 is 11.9 Å². The summed E-state index contributed by atoms with van der Waals surface area (Å²) in [6, 6.07) is 0. The van der Waals surface area contributed by atoms with E-state index in [1.165, 1.54) is 38.9 Å². The predicted molar refractivity (Wildman–Crippen MR) is 107 cm³/mol. The van der Waals surface area contributed by atoms with Crippen molar-refractivity contribution in [1.29, 1.82) is 0 Å². The van der Waals surface area contributed by atoms with Gasteiger partial charge in [-0.3, -0.25) is 9.59 Å². The summed E-state index contributed by atoms with van der Waals surface area (Å²) in [6.45, 7) is 11.3. The Morgan fingerprint density at radius 1 is 1.26 bits per heavy atom. The van der Waals surface area contributed by atoms with Crippen molar-refractivity contribution in [3.05, 3.63) is 11.6 Å². The first kappa shape index (κ1) is 22.0. The fourth-order valence-corrected chi connectivity index (χ4v) is 5.79. The number of allylic oxidation sites excluding steroid dienone is 1. The maximum Gasteiger partial charge on any atom is 0.305 e. The van der Waals surface area contributed by atoms with Crippen molar-refractivity contribution < 1.29 is 19.1 Å². The Hall–Kier alpha value is -1.32. The standard InChI is InChI=1S/C23H38O4/c1-16(14-21(25)26-6)8-10-19-18(15-27-17(2)24)9-11-20-22(3,4)12-7-13-23(19,20)5/h9,16,19-20H,7-8,10-15H2,1-6H3. The third kappa shape index (κ3) is 5.14. The molecule has 0 heterocycles. The van der Waals surface area contributed by atoms with E-state index < -0.39 is 0 Å². The van der Waals surface area contributed by atoms with Crippen molar-refractivity contribution in [3.63, 3.8) is 0 Å². The normalized spacial score (nSPS) is 30.7. The van der Waals surface area contributed by atoms with Crippen LogP contribution < -0.4 is 0 Å². The second-order valence-corrected chi connectivity index (χ2v) is 9.71. The van der Waals surface area contributed by atoms with Crippen molar-refractivity contribution in [2.75, 3.05) is 13.7 Å². The lowest BCUT2D eigenvalue weighted by Gasteiger charge is -2.57. The molecule has 0 amide bonds. The summed E-state index contributed by atoms with van der Waals surface area (Å²) in [6.07, 6.45) is 9.69. The van der Waals surface area contributed by atoms with Crippen LogP contribution >= 0.6 is 0 Å². The van der Waals surface area contributed by atoms with Gasteiger partial charge in [-0.25, -0.2) is 0 Å². The number of methoxy groups -OCH3 is 1. The number of fused-ring (bicyclic) bond motifs is 1. The van der Waals surface area contributed by atoms with Crippen molar-refractivity contribution in [3.8, 4) is 0 Å². The van der Waals surface area contributed by atoms with E-state index in [1.54, 1.807) is 0 Å². The predicted octanol–water partition coefficient (Wildman–Crippen LogP) is 5.31. The molecule has 4 nitrogen and oxygen atoms in total. The highest BCUT2D eigenvalue weighted by Crippen LogP contribution is 2.60. The van der Waals surface area contributed by atoms with Gasteiger partial charge in [-0.15, -0.1) is 0 Å². The largest absolute Gasteiger partial charge is 0.469 e. The Bertz CT molecular complexity index is 577. The molecule has 2 rings (SSSR count). The zero-order valence-corrected chi connectivity index (χ0v) is 18.1. The van der Waals surface area contributed by atoms with Crippen LogP contribution in [0.1, 0.15) is 79.6 Å². The average Bonchev–Trinajstić information content (AvgIpc) is 2.57. The monoisotopic (exact) mass is 378 g/mol. The van der Waals surface area contributed by atoms with Crippen LogP contribution in [0.25, 0.3) is 0 Å². The minimum Gasteiger partial charge on any atom is -0.469 e. The minimum absolute atomic E-state index is 0.135. The molecule has 1 fully saturated rings. The van der Waals surface area contributed by atoms with E-state index in [9.17, 15) is 9.59 Å². The number of carbonyl (C=O) groups is 2. The van der Waals surface area contributed by atoms with E-state index in [-0.39, 0.29) is 17.4 Å². The molecule has 0 aromatic carbocycles. The highest BCUT2D eigenvalue weighted by molar-refractivity contribution is 5.69. The summed E-state index contributed by atoms with van der Waals surface area (Å²) in [7, 11) is 1.45. The minimum atomic E-state index is -0.218. The molecule has 154 valence electrons. The van der Waals surface area contributed by atoms with Gasteiger partial charge >= 0.3 is 11.9 Å². The molecule has 4 unspecified atom stereocenters. The van der Waals surface area contributed by atoms with Crippen molar-refractivity contribution in [2.45, 2.75) is 79.6 Å². The molecule has 27 heavy (non-hydrogen) atoms. The molecule has 0 spiro atoms. The van der Waals surface area contributed by atoms with Crippen LogP contribution in [-0.2, 0) is 19.1 Å². The molecule has 0 aromatic rings. The van der Waals surface area contributed by atoms with Gasteiger partial charge in [0.1, 0.15) is 6.61 Å². The Balaban J connectivity index is 2.19. The highest BCUT2D eigenvalue weighted by atomic mass is 16.5. The van der Waals surface area contributed by atoms with Crippen LogP contribution in [0.3, 0.4) is 0 Å². The van der Waals surface area contributed by atoms with Crippen LogP contribution in [0.2, 0.25) is 0 Å². The number of ether oxygens (including phenoxy) is 2. The summed E-state index contributed by atoms with van der Waals surface area (Å²) < 4.78 is 10.2. The van der Waals surface area contributed by atoms with Gasteiger partial charge < -0.3 is 9.47 Å². The van der Waals surface area contributed by atoms with Gasteiger partial charge in [0.2, 0.25) is 0 Å². The topological polar surface area (TPSA) is 52.6 Å². The summed E-state index contributed by atoms with van der Waals surface area (Å²) >= 11 is 0. The van der Waals surface area contributed by atoms with Crippen LogP contribution in [0, 0.1) is 28.6 Å². The number of carbonyl (C=O) groups excluding carboxylic acids is 2. The summed E-state index contributed by atoms with van der Waals surface area (Å²) in [5.41, 5.74) is 1.86. The number of hydrogen-bond donors (Lipinski definition) is 0. The molecule has 0 N–H and O–H groups in total. The molecule has 2 aliphatic carbocycles. The fraction of sp³-hybridized carbons (Fsp3) is 0.826. The van der Waals surface area contributed by atoms with Gasteiger partial charge in [0, 0.05) is 13.3 Å².